The summed E-state index contributed by atoms with van der Waals surface area (Å²) in [5.41, 5.74) is 2.71. The van der Waals surface area contributed by atoms with Crippen LogP contribution >= 0.6 is 11.3 Å². The maximum Gasteiger partial charge on any atom is 0.387 e. The number of aryl methyl sites for hydroxylation is 1. The van der Waals surface area contributed by atoms with Gasteiger partial charge in [0.25, 0.3) is 5.91 Å². The normalized spacial score (nSPS) is 10.9. The summed E-state index contributed by atoms with van der Waals surface area (Å²) in [6, 6.07) is 11.4. The van der Waals surface area contributed by atoms with Crippen molar-refractivity contribution < 1.29 is 32.6 Å². The number of carbonyl (C=O) groups is 2. The Morgan fingerprint density at radius 1 is 1.18 bits per heavy atom. The number of benzene rings is 2. The fourth-order valence-corrected chi connectivity index (χ4v) is 3.40. The third-order valence-electron chi connectivity index (χ3n) is 4.22. The molecule has 1 N–H and O–H groups in total. The first-order chi connectivity index (χ1) is 15.8. The molecule has 1 heterocycles. The zero-order chi connectivity index (χ0) is 23.8. The van der Waals surface area contributed by atoms with Gasteiger partial charge in [-0.3, -0.25) is 4.79 Å². The Bertz CT molecular complexity index is 1160. The third-order valence-corrected chi connectivity index (χ3v) is 5.00. The van der Waals surface area contributed by atoms with Crippen LogP contribution in [0.2, 0.25) is 0 Å². The fraction of sp³-hybridized carbons (Fsp3) is 0.174. The topological polar surface area (TPSA) is 86.8 Å². The van der Waals surface area contributed by atoms with Crippen LogP contribution in [0.25, 0.3) is 17.3 Å². The predicted octanol–water partition coefficient (Wildman–Crippen LogP) is 4.92. The molecule has 0 atom stereocenters. The average Bonchev–Trinajstić information content (AvgIpc) is 3.23. The predicted molar refractivity (Wildman–Crippen MR) is 121 cm³/mol. The van der Waals surface area contributed by atoms with Gasteiger partial charge in [-0.05, 0) is 42.8 Å². The van der Waals surface area contributed by atoms with E-state index in [-0.39, 0.29) is 11.5 Å². The molecule has 3 rings (SSSR count). The van der Waals surface area contributed by atoms with E-state index in [4.69, 9.17) is 9.47 Å². The molecule has 3 aromatic rings. The maximum atomic E-state index is 12.4. The second kappa shape index (κ2) is 11.2. The number of esters is 1. The summed E-state index contributed by atoms with van der Waals surface area (Å²) < 4.78 is 39.1. The zero-order valence-electron chi connectivity index (χ0n) is 17.7. The Hall–Kier alpha value is -3.79. The Morgan fingerprint density at radius 2 is 2.00 bits per heavy atom. The molecule has 0 bridgehead atoms. The van der Waals surface area contributed by atoms with Gasteiger partial charge in [-0.2, -0.15) is 8.78 Å². The lowest BCUT2D eigenvalue weighted by atomic mass is 10.1. The molecule has 2 aromatic carbocycles. The van der Waals surface area contributed by atoms with Crippen LogP contribution in [0.15, 0.2) is 53.9 Å². The van der Waals surface area contributed by atoms with Crippen molar-refractivity contribution in [3.05, 3.63) is 64.5 Å². The Balaban J connectivity index is 1.52. The fourth-order valence-electron chi connectivity index (χ4n) is 2.78. The van der Waals surface area contributed by atoms with Crippen LogP contribution < -0.4 is 14.8 Å². The molecular weight excluding hydrogens is 454 g/mol. The van der Waals surface area contributed by atoms with Gasteiger partial charge in [0.2, 0.25) is 0 Å². The van der Waals surface area contributed by atoms with Crippen LogP contribution in [0.3, 0.4) is 0 Å². The largest absolute Gasteiger partial charge is 0.493 e. The minimum absolute atomic E-state index is 0.0836. The Morgan fingerprint density at radius 3 is 2.70 bits per heavy atom. The van der Waals surface area contributed by atoms with Crippen LogP contribution in [-0.4, -0.2) is 37.2 Å². The van der Waals surface area contributed by atoms with Gasteiger partial charge in [0, 0.05) is 22.7 Å². The van der Waals surface area contributed by atoms with Crippen LogP contribution in [0, 0.1) is 6.92 Å². The second-order valence-corrected chi connectivity index (χ2v) is 7.67. The quantitative estimate of drug-likeness (QED) is 0.350. The van der Waals surface area contributed by atoms with Gasteiger partial charge >= 0.3 is 12.6 Å². The molecule has 0 saturated heterocycles. The van der Waals surface area contributed by atoms with E-state index in [0.717, 1.165) is 22.3 Å². The molecule has 1 aromatic heterocycles. The Labute approximate surface area is 192 Å². The number of aromatic nitrogens is 1. The van der Waals surface area contributed by atoms with Crippen LogP contribution in [0.4, 0.5) is 14.5 Å². The van der Waals surface area contributed by atoms with Crippen molar-refractivity contribution in [1.29, 1.82) is 0 Å². The van der Waals surface area contributed by atoms with Crippen molar-refractivity contribution in [3.63, 3.8) is 0 Å². The molecular formula is C23H20F2N2O5S. The van der Waals surface area contributed by atoms with Crippen LogP contribution in [-0.2, 0) is 14.3 Å². The first kappa shape index (κ1) is 23.9. The number of hydrogen-bond donors (Lipinski definition) is 1. The number of thiazole rings is 1. The summed E-state index contributed by atoms with van der Waals surface area (Å²) in [7, 11) is 1.31. The monoisotopic (exact) mass is 474 g/mol. The van der Waals surface area contributed by atoms with Crippen LogP contribution in [0.5, 0.6) is 11.5 Å². The van der Waals surface area contributed by atoms with E-state index in [0.29, 0.717) is 11.3 Å². The molecule has 0 radical (unpaired) electrons. The number of alkyl halides is 2. The number of anilines is 1. The molecule has 0 saturated carbocycles. The van der Waals surface area contributed by atoms with Crippen molar-refractivity contribution in [2.75, 3.05) is 19.0 Å². The van der Waals surface area contributed by atoms with Crippen LogP contribution in [0.1, 0.15) is 10.6 Å². The average molecular weight is 474 g/mol. The highest BCUT2D eigenvalue weighted by Gasteiger charge is 2.11. The number of carbonyl (C=O) groups excluding carboxylic acids is 2. The molecule has 0 spiro atoms. The number of nitrogens with one attached hydrogen (secondary N) is 1. The SMILES string of the molecule is COc1cc(/C=C/C(=O)OCC(=O)Nc2cccc(-c3csc(C)n3)c2)ccc1OC(F)F. The molecule has 0 unspecified atom stereocenters. The molecule has 7 nitrogen and oxygen atoms in total. The standard InChI is InChI=1S/C23H20F2N2O5S/c1-14-26-18(13-33-14)16-4-3-5-17(11-16)27-21(28)12-31-22(29)9-7-15-6-8-19(32-23(24)25)20(10-15)30-2/h3-11,13,23H,12H2,1-2H3,(H,27,28)/b9-7+. The number of rotatable bonds is 9. The summed E-state index contributed by atoms with van der Waals surface area (Å²) in [6.45, 7) is -1.55. The summed E-state index contributed by atoms with van der Waals surface area (Å²) in [5.74, 6) is -1.29. The lowest BCUT2D eigenvalue weighted by Gasteiger charge is -2.10. The minimum Gasteiger partial charge on any atom is -0.493 e. The van der Waals surface area contributed by atoms with Gasteiger partial charge in [0.15, 0.2) is 18.1 Å². The second-order valence-electron chi connectivity index (χ2n) is 6.61. The number of ether oxygens (including phenoxy) is 3. The molecule has 10 heteroatoms. The first-order valence-electron chi connectivity index (χ1n) is 9.64. The van der Waals surface area contributed by atoms with E-state index in [1.165, 1.54) is 42.7 Å². The van der Waals surface area contributed by atoms with Crippen molar-refractivity contribution in [1.82, 2.24) is 4.98 Å². The summed E-state index contributed by atoms with van der Waals surface area (Å²) in [4.78, 5) is 28.5. The van der Waals surface area contributed by atoms with E-state index < -0.39 is 25.1 Å². The number of halogens is 2. The van der Waals surface area contributed by atoms with Crippen molar-refractivity contribution >= 4 is 35.0 Å². The molecule has 172 valence electrons. The molecule has 0 fully saturated rings. The highest BCUT2D eigenvalue weighted by atomic mass is 32.1. The highest BCUT2D eigenvalue weighted by molar-refractivity contribution is 7.09. The van der Waals surface area contributed by atoms with E-state index in [9.17, 15) is 18.4 Å². The number of nitrogens with zero attached hydrogens (tertiary/aromatic N) is 1. The molecule has 0 aliphatic carbocycles. The van der Waals surface area contributed by atoms with Crippen molar-refractivity contribution in [3.8, 4) is 22.8 Å². The lowest BCUT2D eigenvalue weighted by molar-refractivity contribution is -0.142. The van der Waals surface area contributed by atoms with Gasteiger partial charge in [0.05, 0.1) is 17.8 Å². The van der Waals surface area contributed by atoms with Crippen molar-refractivity contribution in [2.24, 2.45) is 0 Å². The smallest absolute Gasteiger partial charge is 0.387 e. The summed E-state index contributed by atoms with van der Waals surface area (Å²) in [5, 5.41) is 5.54. The van der Waals surface area contributed by atoms with E-state index in [1.54, 1.807) is 18.2 Å². The Kier molecular flexibility index (Phi) is 8.09. The molecule has 0 aliphatic rings. The molecule has 1 amide bonds. The highest BCUT2D eigenvalue weighted by Crippen LogP contribution is 2.30. The van der Waals surface area contributed by atoms with Gasteiger partial charge in [-0.25, -0.2) is 9.78 Å². The molecule has 33 heavy (non-hydrogen) atoms. The van der Waals surface area contributed by atoms with E-state index in [1.807, 2.05) is 18.4 Å². The minimum atomic E-state index is -2.99. The van der Waals surface area contributed by atoms with Gasteiger partial charge in [0.1, 0.15) is 0 Å². The van der Waals surface area contributed by atoms with Gasteiger partial charge in [-0.1, -0.05) is 18.2 Å². The maximum absolute atomic E-state index is 12.4. The third kappa shape index (κ3) is 7.11. The summed E-state index contributed by atoms with van der Waals surface area (Å²) >= 11 is 1.53. The number of amides is 1. The van der Waals surface area contributed by atoms with Gasteiger partial charge < -0.3 is 19.5 Å². The van der Waals surface area contributed by atoms with E-state index in [2.05, 4.69) is 15.0 Å². The molecule has 0 aliphatic heterocycles. The first-order valence-corrected chi connectivity index (χ1v) is 10.5. The zero-order valence-corrected chi connectivity index (χ0v) is 18.5. The number of hydrogen-bond acceptors (Lipinski definition) is 7. The lowest BCUT2D eigenvalue weighted by Crippen LogP contribution is -2.20. The van der Waals surface area contributed by atoms with Gasteiger partial charge in [-0.15, -0.1) is 11.3 Å². The summed E-state index contributed by atoms with van der Waals surface area (Å²) in [6.07, 6.45) is 2.51. The van der Waals surface area contributed by atoms with E-state index >= 15 is 0 Å². The number of methoxy groups -OCH3 is 1. The van der Waals surface area contributed by atoms with Crippen molar-refractivity contribution in [2.45, 2.75) is 13.5 Å².